The summed E-state index contributed by atoms with van der Waals surface area (Å²) in [5.74, 6) is -0.309. The Hall–Kier alpha value is -1.42. The van der Waals surface area contributed by atoms with Gasteiger partial charge in [0, 0.05) is 11.2 Å². The first-order valence-corrected chi connectivity index (χ1v) is 6.65. The molecule has 1 aromatic rings. The molecule has 0 radical (unpaired) electrons. The van der Waals surface area contributed by atoms with Crippen molar-refractivity contribution >= 4 is 0 Å². The monoisotopic (exact) mass is 264 g/mol. The van der Waals surface area contributed by atoms with Gasteiger partial charge in [0.1, 0.15) is 6.61 Å². The molecule has 0 saturated carbocycles. The van der Waals surface area contributed by atoms with E-state index in [4.69, 9.17) is 4.74 Å². The van der Waals surface area contributed by atoms with Crippen molar-refractivity contribution in [1.82, 2.24) is 10.3 Å². The van der Waals surface area contributed by atoms with Crippen molar-refractivity contribution in [3.05, 3.63) is 35.4 Å². The number of rotatable bonds is 4. The molecule has 0 aromatic carbocycles. The average Bonchev–Trinajstić information content (AvgIpc) is 2.38. The minimum Gasteiger partial charge on any atom is -0.484 e. The maximum absolute atomic E-state index is 13.6. The van der Waals surface area contributed by atoms with Gasteiger partial charge in [-0.05, 0) is 57.9 Å². The van der Waals surface area contributed by atoms with Crippen LogP contribution in [0.25, 0.3) is 0 Å². The molecule has 1 N–H and O–H groups in total. The molecular formula is C15H21FN2O. The highest BCUT2D eigenvalue weighted by Crippen LogP contribution is 2.28. The molecule has 0 fully saturated rings. The number of nitrogens with zero attached hydrogens (tertiary/aromatic N) is 1. The average molecular weight is 264 g/mol. The number of aromatic nitrogens is 1. The van der Waals surface area contributed by atoms with Gasteiger partial charge < -0.3 is 10.1 Å². The molecule has 3 nitrogen and oxygen atoms in total. The highest BCUT2D eigenvalue weighted by Gasteiger charge is 2.26. The fourth-order valence-electron chi connectivity index (χ4n) is 2.37. The predicted molar refractivity (Wildman–Crippen MR) is 73.8 cm³/mol. The Balaban J connectivity index is 1.97. The Morgan fingerprint density at radius 3 is 2.95 bits per heavy atom. The fraction of sp³-hybridized carbons (Fsp3) is 0.533. The van der Waals surface area contributed by atoms with Crippen LogP contribution in [0.3, 0.4) is 0 Å². The van der Waals surface area contributed by atoms with E-state index in [-0.39, 0.29) is 11.3 Å². The summed E-state index contributed by atoms with van der Waals surface area (Å²) in [7, 11) is 1.98. The van der Waals surface area contributed by atoms with Gasteiger partial charge in [0.05, 0.1) is 0 Å². The zero-order valence-electron chi connectivity index (χ0n) is 11.8. The SMILES string of the molecule is CNC1(C)CCC=C(COc2ccc(C)nc2F)C1. The maximum atomic E-state index is 13.6. The number of hydrogen-bond donors (Lipinski definition) is 1. The largest absolute Gasteiger partial charge is 0.484 e. The lowest BCUT2D eigenvalue weighted by molar-refractivity contribution is 0.287. The van der Waals surface area contributed by atoms with Crippen LogP contribution in [0.15, 0.2) is 23.8 Å². The minimum atomic E-state index is -0.534. The standard InChI is InChI=1S/C15H21FN2O/c1-11-6-7-13(14(16)18-11)19-10-12-5-4-8-15(2,9-12)17-3/h5-7,17H,4,8-10H2,1-3H3. The molecule has 1 aliphatic carbocycles. The van der Waals surface area contributed by atoms with Crippen molar-refractivity contribution < 1.29 is 9.13 Å². The van der Waals surface area contributed by atoms with E-state index in [0.29, 0.717) is 12.3 Å². The normalized spacial score (nSPS) is 23.1. The Morgan fingerprint density at radius 1 is 1.47 bits per heavy atom. The number of nitrogens with one attached hydrogen (secondary N) is 1. The van der Waals surface area contributed by atoms with E-state index in [9.17, 15) is 4.39 Å². The second-order valence-corrected chi connectivity index (χ2v) is 5.42. The first kappa shape index (κ1) is 14.0. The summed E-state index contributed by atoms with van der Waals surface area (Å²) in [6, 6.07) is 3.39. The number of allylic oxidation sites excluding steroid dienone is 1. The Labute approximate surface area is 113 Å². The molecular weight excluding hydrogens is 243 g/mol. The molecule has 0 spiro atoms. The summed E-state index contributed by atoms with van der Waals surface area (Å²) in [5, 5.41) is 3.34. The van der Waals surface area contributed by atoms with Crippen LogP contribution in [0.5, 0.6) is 5.75 Å². The molecule has 1 aromatic heterocycles. The number of halogens is 1. The second kappa shape index (κ2) is 5.70. The quantitative estimate of drug-likeness (QED) is 0.670. The van der Waals surface area contributed by atoms with Crippen LogP contribution >= 0.6 is 0 Å². The van der Waals surface area contributed by atoms with Gasteiger partial charge in [-0.1, -0.05) is 6.08 Å². The molecule has 1 aliphatic rings. The molecule has 2 rings (SSSR count). The third kappa shape index (κ3) is 3.53. The van der Waals surface area contributed by atoms with Gasteiger partial charge in [0.25, 0.3) is 5.95 Å². The van der Waals surface area contributed by atoms with Crippen LogP contribution in [0.1, 0.15) is 31.9 Å². The van der Waals surface area contributed by atoms with Crippen LogP contribution in [0.2, 0.25) is 0 Å². The Kier molecular flexibility index (Phi) is 4.20. The van der Waals surface area contributed by atoms with Crippen molar-refractivity contribution in [3.8, 4) is 5.75 Å². The van der Waals surface area contributed by atoms with E-state index in [0.717, 1.165) is 19.3 Å². The van der Waals surface area contributed by atoms with E-state index in [1.807, 2.05) is 7.05 Å². The van der Waals surface area contributed by atoms with Crippen LogP contribution in [-0.4, -0.2) is 24.2 Å². The van der Waals surface area contributed by atoms with E-state index in [1.54, 1.807) is 19.1 Å². The van der Waals surface area contributed by atoms with Crippen molar-refractivity contribution in [1.29, 1.82) is 0 Å². The lowest BCUT2D eigenvalue weighted by atomic mass is 9.83. The molecule has 0 saturated heterocycles. The van der Waals surface area contributed by atoms with Gasteiger partial charge in [0.2, 0.25) is 0 Å². The zero-order chi connectivity index (χ0) is 13.9. The van der Waals surface area contributed by atoms with Crippen molar-refractivity contribution in [2.24, 2.45) is 0 Å². The van der Waals surface area contributed by atoms with Gasteiger partial charge in [-0.15, -0.1) is 0 Å². The minimum absolute atomic E-state index is 0.123. The molecule has 0 aliphatic heterocycles. The summed E-state index contributed by atoms with van der Waals surface area (Å²) >= 11 is 0. The number of ether oxygens (including phenoxy) is 1. The Bertz CT molecular complexity index is 487. The van der Waals surface area contributed by atoms with Crippen molar-refractivity contribution in [2.75, 3.05) is 13.7 Å². The fourth-order valence-corrected chi connectivity index (χ4v) is 2.37. The van der Waals surface area contributed by atoms with Gasteiger partial charge in [-0.25, -0.2) is 4.98 Å². The van der Waals surface area contributed by atoms with E-state index in [1.165, 1.54) is 5.57 Å². The van der Waals surface area contributed by atoms with Crippen LogP contribution < -0.4 is 10.1 Å². The summed E-state index contributed by atoms with van der Waals surface area (Å²) in [4.78, 5) is 3.76. The third-order valence-electron chi connectivity index (χ3n) is 3.72. The predicted octanol–water partition coefficient (Wildman–Crippen LogP) is 3.00. The lowest BCUT2D eigenvalue weighted by Crippen LogP contribution is -2.41. The third-order valence-corrected chi connectivity index (χ3v) is 3.72. The molecule has 19 heavy (non-hydrogen) atoms. The van der Waals surface area contributed by atoms with Crippen molar-refractivity contribution in [2.45, 2.75) is 38.6 Å². The molecule has 4 heteroatoms. The van der Waals surface area contributed by atoms with Crippen LogP contribution in [0, 0.1) is 12.9 Å². The number of aryl methyl sites for hydroxylation is 1. The first-order chi connectivity index (χ1) is 9.02. The Morgan fingerprint density at radius 2 is 2.26 bits per heavy atom. The number of hydrogen-bond acceptors (Lipinski definition) is 3. The zero-order valence-corrected chi connectivity index (χ0v) is 11.8. The van der Waals surface area contributed by atoms with E-state index < -0.39 is 5.95 Å². The maximum Gasteiger partial charge on any atom is 0.255 e. The topological polar surface area (TPSA) is 34.1 Å². The van der Waals surface area contributed by atoms with E-state index >= 15 is 0 Å². The summed E-state index contributed by atoms with van der Waals surface area (Å²) in [6.45, 7) is 4.39. The first-order valence-electron chi connectivity index (χ1n) is 6.65. The van der Waals surface area contributed by atoms with Crippen LogP contribution in [-0.2, 0) is 0 Å². The lowest BCUT2D eigenvalue weighted by Gasteiger charge is -2.33. The molecule has 0 amide bonds. The van der Waals surface area contributed by atoms with Gasteiger partial charge in [0.15, 0.2) is 5.75 Å². The molecule has 0 bridgehead atoms. The molecule has 1 heterocycles. The van der Waals surface area contributed by atoms with Gasteiger partial charge >= 0.3 is 0 Å². The van der Waals surface area contributed by atoms with Crippen LogP contribution in [0.4, 0.5) is 4.39 Å². The number of pyridine rings is 1. The van der Waals surface area contributed by atoms with Crippen molar-refractivity contribution in [3.63, 3.8) is 0 Å². The summed E-state index contributed by atoms with van der Waals surface area (Å²) < 4.78 is 19.1. The smallest absolute Gasteiger partial charge is 0.255 e. The molecule has 1 unspecified atom stereocenters. The molecule has 104 valence electrons. The highest BCUT2D eigenvalue weighted by atomic mass is 19.1. The summed E-state index contributed by atoms with van der Waals surface area (Å²) in [6.07, 6.45) is 5.28. The van der Waals surface area contributed by atoms with E-state index in [2.05, 4.69) is 23.3 Å². The molecule has 1 atom stereocenters. The highest BCUT2D eigenvalue weighted by molar-refractivity contribution is 5.23. The second-order valence-electron chi connectivity index (χ2n) is 5.42. The van der Waals surface area contributed by atoms with Gasteiger partial charge in [-0.3, -0.25) is 0 Å². The van der Waals surface area contributed by atoms with Gasteiger partial charge in [-0.2, -0.15) is 4.39 Å². The summed E-state index contributed by atoms with van der Waals surface area (Å²) in [5.41, 5.74) is 1.99.